The van der Waals surface area contributed by atoms with Gasteiger partial charge in [0.1, 0.15) is 18.6 Å². The molecule has 0 saturated carbocycles. The lowest BCUT2D eigenvalue weighted by molar-refractivity contribution is -0.139. The number of carbonyl (C=O) groups is 4. The lowest BCUT2D eigenvalue weighted by atomic mass is 10.1. The molecule has 0 aromatic rings. The first-order valence-corrected chi connectivity index (χ1v) is 9.28. The number of hydrogen-bond donors (Lipinski definition) is 5. The van der Waals surface area contributed by atoms with E-state index in [2.05, 4.69) is 10.6 Å². The van der Waals surface area contributed by atoms with Crippen molar-refractivity contribution >= 4 is 45.3 Å². The van der Waals surface area contributed by atoms with Crippen molar-refractivity contribution < 1.29 is 29.4 Å². The van der Waals surface area contributed by atoms with E-state index < -0.39 is 42.4 Å². The minimum absolute atomic E-state index is 0.0541. The molecular weight excluding hydrogens is 346 g/mol. The van der Waals surface area contributed by atoms with Crippen LogP contribution in [-0.2, 0) is 19.2 Å². The van der Waals surface area contributed by atoms with Crippen LogP contribution in [0, 0.1) is 0 Å². The molecule has 0 fully saturated rings. The average molecular weight is 367 g/mol. The summed E-state index contributed by atoms with van der Waals surface area (Å²) in [5.74, 6) is -2.43. The smallest absolute Gasteiger partial charge is 0.322 e. The van der Waals surface area contributed by atoms with Crippen LogP contribution in [0.4, 0.5) is 0 Å². The summed E-state index contributed by atoms with van der Waals surface area (Å²) in [6, 6.07) is -2.04. The summed E-state index contributed by atoms with van der Waals surface area (Å²) in [5, 5.41) is 21.9. The number of carboxylic acid groups (broad SMARTS) is 2. The van der Waals surface area contributed by atoms with Crippen LogP contribution in [0.25, 0.3) is 0 Å². The molecule has 0 aliphatic carbocycles. The molecule has 0 rings (SSSR count). The first kappa shape index (κ1) is 21.5. The van der Waals surface area contributed by atoms with E-state index in [-0.39, 0.29) is 18.6 Å². The molecule has 9 nitrogen and oxygen atoms in total. The van der Waals surface area contributed by atoms with E-state index in [9.17, 15) is 19.2 Å². The lowest BCUT2D eigenvalue weighted by Gasteiger charge is -2.17. The van der Waals surface area contributed by atoms with Gasteiger partial charge in [0.05, 0.1) is 0 Å². The second-order valence-corrected chi connectivity index (χ2v) is 7.20. The van der Waals surface area contributed by atoms with E-state index in [4.69, 9.17) is 15.9 Å². The Kier molecular flexibility index (Phi) is 11.3. The maximum atomic E-state index is 11.9. The van der Waals surface area contributed by atoms with Crippen LogP contribution in [0.2, 0.25) is 0 Å². The van der Waals surface area contributed by atoms with Crippen LogP contribution >= 0.6 is 21.6 Å². The van der Waals surface area contributed by atoms with Crippen LogP contribution in [0.1, 0.15) is 19.8 Å². The lowest BCUT2D eigenvalue weighted by Crippen LogP contribution is -2.49. The Morgan fingerprint density at radius 1 is 1.17 bits per heavy atom. The Morgan fingerprint density at radius 3 is 2.35 bits per heavy atom. The third-order valence-electron chi connectivity index (χ3n) is 2.50. The number of rotatable bonds is 12. The molecule has 0 spiro atoms. The molecule has 0 bridgehead atoms. The van der Waals surface area contributed by atoms with Gasteiger partial charge in [0, 0.05) is 17.9 Å². The van der Waals surface area contributed by atoms with Gasteiger partial charge in [0.2, 0.25) is 11.8 Å². The number of hydrogen-bond acceptors (Lipinski definition) is 7. The van der Waals surface area contributed by atoms with Crippen molar-refractivity contribution in [1.29, 1.82) is 0 Å². The quantitative estimate of drug-likeness (QED) is 0.221. The van der Waals surface area contributed by atoms with E-state index in [1.165, 1.54) is 21.6 Å². The van der Waals surface area contributed by atoms with Gasteiger partial charge in [-0.1, -0.05) is 28.5 Å². The highest BCUT2D eigenvalue weighted by Gasteiger charge is 2.22. The summed E-state index contributed by atoms with van der Waals surface area (Å²) in [5.41, 5.74) is 5.30. The summed E-state index contributed by atoms with van der Waals surface area (Å²) >= 11 is 0. The Bertz CT molecular complexity index is 435. The molecule has 6 N–H and O–H groups in total. The molecule has 0 unspecified atom stereocenters. The first-order chi connectivity index (χ1) is 10.8. The molecule has 0 aromatic heterocycles. The summed E-state index contributed by atoms with van der Waals surface area (Å²) in [4.78, 5) is 44.7. The third kappa shape index (κ3) is 10.8. The van der Waals surface area contributed by atoms with Crippen LogP contribution in [0.15, 0.2) is 0 Å². The fourth-order valence-electron chi connectivity index (χ4n) is 1.34. The van der Waals surface area contributed by atoms with Crippen molar-refractivity contribution in [3.63, 3.8) is 0 Å². The van der Waals surface area contributed by atoms with Gasteiger partial charge >= 0.3 is 11.9 Å². The summed E-state index contributed by atoms with van der Waals surface area (Å²) in [6.45, 7) is 1.39. The second-order valence-electron chi connectivity index (χ2n) is 4.41. The van der Waals surface area contributed by atoms with Crippen molar-refractivity contribution in [3.8, 4) is 0 Å². The predicted molar refractivity (Wildman–Crippen MR) is 88.0 cm³/mol. The van der Waals surface area contributed by atoms with Crippen molar-refractivity contribution in [2.45, 2.75) is 31.8 Å². The van der Waals surface area contributed by atoms with E-state index in [1.54, 1.807) is 0 Å². The zero-order valence-electron chi connectivity index (χ0n) is 12.6. The van der Waals surface area contributed by atoms with Gasteiger partial charge in [-0.2, -0.15) is 0 Å². The summed E-state index contributed by atoms with van der Waals surface area (Å²) < 4.78 is 0. The van der Waals surface area contributed by atoms with Gasteiger partial charge in [-0.3, -0.25) is 19.2 Å². The molecule has 132 valence electrons. The Balaban J connectivity index is 4.48. The van der Waals surface area contributed by atoms with Gasteiger partial charge in [0.25, 0.3) is 0 Å². The van der Waals surface area contributed by atoms with Crippen molar-refractivity contribution in [2.75, 3.05) is 18.1 Å². The molecule has 0 aliphatic heterocycles. The highest BCUT2D eigenvalue weighted by atomic mass is 33.1. The Labute approximate surface area is 141 Å². The first-order valence-electron chi connectivity index (χ1n) is 6.79. The monoisotopic (exact) mass is 367 g/mol. The molecule has 23 heavy (non-hydrogen) atoms. The minimum atomic E-state index is -1.21. The molecular formula is C12H21N3O6S2. The number of carbonyl (C=O) groups excluding carboxylic acids is 2. The fourth-order valence-corrected chi connectivity index (χ4v) is 3.18. The summed E-state index contributed by atoms with van der Waals surface area (Å²) in [6.07, 6.45) is -0.191. The highest BCUT2D eigenvalue weighted by Crippen LogP contribution is 2.21. The number of carboxylic acids is 2. The molecule has 2 amide bonds. The molecule has 0 heterocycles. The SMILES string of the molecule is CCSSC[C@H](NC(=O)CC[C@H](N)C(=O)O)C(=O)NCC(=O)O. The van der Waals surface area contributed by atoms with Crippen LogP contribution < -0.4 is 16.4 Å². The standard InChI is InChI=1S/C12H21N3O6S2/c1-2-22-23-6-8(11(19)14-5-10(17)18)15-9(16)4-3-7(13)12(20)21/h7-8H,2-6,13H2,1H3,(H,14,19)(H,15,16)(H,17,18)(H,20,21)/t7-,8-/m0/s1. The Morgan fingerprint density at radius 2 is 1.83 bits per heavy atom. The van der Waals surface area contributed by atoms with E-state index >= 15 is 0 Å². The van der Waals surface area contributed by atoms with Crippen LogP contribution in [-0.4, -0.2) is 64.1 Å². The maximum Gasteiger partial charge on any atom is 0.322 e. The molecule has 11 heteroatoms. The number of aliphatic carboxylic acids is 2. The predicted octanol–water partition coefficient (Wildman–Crippen LogP) is -0.735. The molecule has 0 aromatic carbocycles. The van der Waals surface area contributed by atoms with Gasteiger partial charge < -0.3 is 26.6 Å². The van der Waals surface area contributed by atoms with E-state index in [1.807, 2.05) is 6.92 Å². The summed E-state index contributed by atoms with van der Waals surface area (Å²) in [7, 11) is 2.87. The molecule has 0 saturated heterocycles. The zero-order chi connectivity index (χ0) is 17.8. The van der Waals surface area contributed by atoms with Crippen LogP contribution in [0.3, 0.4) is 0 Å². The van der Waals surface area contributed by atoms with Crippen LogP contribution in [0.5, 0.6) is 0 Å². The highest BCUT2D eigenvalue weighted by molar-refractivity contribution is 8.76. The van der Waals surface area contributed by atoms with E-state index in [0.717, 1.165) is 5.75 Å². The second kappa shape index (κ2) is 12.0. The number of nitrogens with two attached hydrogens (primary N) is 1. The molecule has 2 atom stereocenters. The minimum Gasteiger partial charge on any atom is -0.480 e. The maximum absolute atomic E-state index is 11.9. The zero-order valence-corrected chi connectivity index (χ0v) is 14.2. The van der Waals surface area contributed by atoms with Gasteiger partial charge in [0.15, 0.2) is 0 Å². The topological polar surface area (TPSA) is 159 Å². The van der Waals surface area contributed by atoms with Crippen molar-refractivity contribution in [1.82, 2.24) is 10.6 Å². The number of nitrogens with one attached hydrogen (secondary N) is 2. The average Bonchev–Trinajstić information content (AvgIpc) is 2.49. The van der Waals surface area contributed by atoms with Crippen molar-refractivity contribution in [2.24, 2.45) is 5.73 Å². The van der Waals surface area contributed by atoms with Gasteiger partial charge in [-0.15, -0.1) is 0 Å². The Hall–Kier alpha value is -1.46. The van der Waals surface area contributed by atoms with Gasteiger partial charge in [-0.05, 0) is 6.42 Å². The largest absolute Gasteiger partial charge is 0.480 e. The molecule has 0 radical (unpaired) electrons. The molecule has 0 aliphatic rings. The van der Waals surface area contributed by atoms with Gasteiger partial charge in [-0.25, -0.2) is 0 Å². The van der Waals surface area contributed by atoms with Crippen molar-refractivity contribution in [3.05, 3.63) is 0 Å². The number of amides is 2. The normalized spacial score (nSPS) is 13.0. The third-order valence-corrected chi connectivity index (χ3v) is 4.99. The van der Waals surface area contributed by atoms with E-state index in [0.29, 0.717) is 0 Å². The fraction of sp³-hybridized carbons (Fsp3) is 0.667.